The largest absolute Gasteiger partial charge is 0.159 e. The molecule has 1 aliphatic heterocycles. The Hall–Kier alpha value is -2.42. The fraction of sp³-hybridized carbons (Fsp3) is 0.143. The van der Waals surface area contributed by atoms with Gasteiger partial charge >= 0.3 is 0 Å². The predicted octanol–water partition coefficient (Wildman–Crippen LogP) is 8.28. The van der Waals surface area contributed by atoms with Gasteiger partial charge in [0.05, 0.1) is 0 Å². The Bertz CT molecular complexity index is 982. The lowest BCUT2D eigenvalue weighted by molar-refractivity contribution is 1.02. The fourth-order valence-corrected chi connectivity index (χ4v) is 7.13. The lowest BCUT2D eigenvalue weighted by Crippen LogP contribution is -2.11. The zero-order valence-corrected chi connectivity index (χ0v) is 18.4. The minimum absolute atomic E-state index is 0.548. The average molecular weight is 425 g/mol. The maximum Gasteiger partial charge on any atom is 0.0394 e. The number of hydrogen-bond donors (Lipinski definition) is 0. The summed E-state index contributed by atoms with van der Waals surface area (Å²) in [6, 6.07) is 39.6. The summed E-state index contributed by atoms with van der Waals surface area (Å²) >= 11 is 4.20. The number of thioether (sulfide) groups is 2. The Morgan fingerprint density at radius 1 is 0.433 bits per heavy atom. The zero-order valence-electron chi connectivity index (χ0n) is 16.8. The monoisotopic (exact) mass is 424 g/mol. The minimum Gasteiger partial charge on any atom is -0.159 e. The molecule has 0 aliphatic carbocycles. The predicted molar refractivity (Wildman–Crippen MR) is 134 cm³/mol. The quantitative estimate of drug-likeness (QED) is 0.323. The second-order valence-corrected chi connectivity index (χ2v) is 10.1. The Labute approximate surface area is 187 Å². The first-order chi connectivity index (χ1) is 14.9. The van der Waals surface area contributed by atoms with Crippen LogP contribution >= 0.6 is 23.5 Å². The highest BCUT2D eigenvalue weighted by atomic mass is 32.2. The van der Waals surface area contributed by atoms with Crippen LogP contribution in [0.5, 0.6) is 0 Å². The van der Waals surface area contributed by atoms with Gasteiger partial charge in [-0.1, -0.05) is 109 Å². The first-order valence-electron chi connectivity index (χ1n) is 10.4. The molecule has 0 bridgehead atoms. The lowest BCUT2D eigenvalue weighted by Gasteiger charge is -2.29. The van der Waals surface area contributed by atoms with Crippen molar-refractivity contribution >= 4 is 23.5 Å². The highest BCUT2D eigenvalue weighted by Crippen LogP contribution is 2.48. The van der Waals surface area contributed by atoms with Crippen LogP contribution in [-0.4, -0.2) is 11.5 Å². The van der Waals surface area contributed by atoms with Gasteiger partial charge < -0.3 is 0 Å². The molecule has 148 valence electrons. The summed E-state index contributed by atoms with van der Waals surface area (Å²) in [4.78, 5) is 0. The molecule has 0 nitrogen and oxygen atoms in total. The van der Waals surface area contributed by atoms with Crippen molar-refractivity contribution in [2.75, 3.05) is 11.5 Å². The van der Waals surface area contributed by atoms with Crippen molar-refractivity contribution in [1.29, 1.82) is 0 Å². The summed E-state index contributed by atoms with van der Waals surface area (Å²) in [7, 11) is 0. The molecule has 5 rings (SSSR count). The molecule has 1 fully saturated rings. The first-order valence-corrected chi connectivity index (χ1v) is 12.5. The molecule has 0 amide bonds. The van der Waals surface area contributed by atoms with Gasteiger partial charge in [-0.3, -0.25) is 0 Å². The highest BCUT2D eigenvalue weighted by molar-refractivity contribution is 8.06. The molecule has 0 N–H and O–H groups in total. The molecular formula is C28H24S2. The van der Waals surface area contributed by atoms with E-state index in [1.54, 1.807) is 0 Å². The van der Waals surface area contributed by atoms with Crippen LogP contribution in [0, 0.1) is 0 Å². The molecule has 1 heterocycles. The van der Waals surface area contributed by atoms with Crippen molar-refractivity contribution in [3.63, 3.8) is 0 Å². The van der Waals surface area contributed by atoms with Crippen molar-refractivity contribution < 1.29 is 0 Å². The van der Waals surface area contributed by atoms with E-state index in [-0.39, 0.29) is 0 Å². The van der Waals surface area contributed by atoms with Gasteiger partial charge in [0.2, 0.25) is 0 Å². The van der Waals surface area contributed by atoms with Gasteiger partial charge in [-0.15, -0.1) is 11.8 Å². The molecule has 0 saturated carbocycles. The number of rotatable bonds is 4. The standard InChI is InChI=1S/C28H24S2/c1-3-7-21(8-4-1)23-11-15-25(16-12-23)27-19-29-20-28(30-27)26-17-13-24(14-18-26)22-9-5-2-6-10-22/h1-18,27-28H,19-20H2/t27-,28-/m0/s1. The second-order valence-electron chi connectivity index (χ2n) is 7.63. The number of benzene rings is 4. The SMILES string of the molecule is c1ccc(-c2ccc([C@@H]3CSC[C@@H](c4ccc(-c5ccccc5)cc4)S3)cc2)cc1. The summed E-state index contributed by atoms with van der Waals surface area (Å²) in [6.45, 7) is 0. The van der Waals surface area contributed by atoms with Crippen LogP contribution in [0.4, 0.5) is 0 Å². The van der Waals surface area contributed by atoms with E-state index in [9.17, 15) is 0 Å². The molecule has 1 saturated heterocycles. The Morgan fingerprint density at radius 2 is 0.800 bits per heavy atom. The normalized spacial score (nSPS) is 18.8. The molecule has 0 aromatic heterocycles. The van der Waals surface area contributed by atoms with E-state index >= 15 is 0 Å². The zero-order chi connectivity index (χ0) is 20.2. The van der Waals surface area contributed by atoms with Gasteiger partial charge in [0.15, 0.2) is 0 Å². The van der Waals surface area contributed by atoms with Crippen LogP contribution in [0.2, 0.25) is 0 Å². The molecule has 4 aromatic rings. The lowest BCUT2D eigenvalue weighted by atomic mass is 10.0. The summed E-state index contributed by atoms with van der Waals surface area (Å²) in [6.07, 6.45) is 0. The van der Waals surface area contributed by atoms with Crippen LogP contribution in [-0.2, 0) is 0 Å². The van der Waals surface area contributed by atoms with Crippen LogP contribution < -0.4 is 0 Å². The third kappa shape index (κ3) is 4.35. The van der Waals surface area contributed by atoms with E-state index in [4.69, 9.17) is 0 Å². The van der Waals surface area contributed by atoms with E-state index < -0.39 is 0 Å². The first kappa shape index (κ1) is 19.5. The van der Waals surface area contributed by atoms with Gasteiger partial charge in [0.1, 0.15) is 0 Å². The third-order valence-corrected chi connectivity index (χ3v) is 8.74. The van der Waals surface area contributed by atoms with Crippen molar-refractivity contribution in [1.82, 2.24) is 0 Å². The Balaban J connectivity index is 1.30. The smallest absolute Gasteiger partial charge is 0.0394 e. The van der Waals surface area contributed by atoms with Gasteiger partial charge in [0, 0.05) is 22.0 Å². The molecule has 0 spiro atoms. The van der Waals surface area contributed by atoms with E-state index in [1.807, 2.05) is 0 Å². The molecule has 1 aliphatic rings. The van der Waals surface area contributed by atoms with E-state index in [2.05, 4.69) is 133 Å². The van der Waals surface area contributed by atoms with Crippen LogP contribution in [0.15, 0.2) is 109 Å². The van der Waals surface area contributed by atoms with Gasteiger partial charge in [-0.05, 0) is 33.4 Å². The summed E-state index contributed by atoms with van der Waals surface area (Å²) in [5, 5.41) is 1.10. The highest BCUT2D eigenvalue weighted by Gasteiger charge is 2.25. The van der Waals surface area contributed by atoms with E-state index in [1.165, 1.54) is 44.9 Å². The topological polar surface area (TPSA) is 0 Å². The molecule has 0 radical (unpaired) electrons. The van der Waals surface area contributed by atoms with Gasteiger partial charge in [-0.2, -0.15) is 11.8 Å². The molecule has 30 heavy (non-hydrogen) atoms. The Morgan fingerprint density at radius 3 is 1.20 bits per heavy atom. The van der Waals surface area contributed by atoms with E-state index in [0.717, 1.165) is 0 Å². The molecule has 2 atom stereocenters. The van der Waals surface area contributed by atoms with Crippen LogP contribution in [0.25, 0.3) is 22.3 Å². The van der Waals surface area contributed by atoms with Crippen molar-refractivity contribution in [3.05, 3.63) is 120 Å². The van der Waals surface area contributed by atoms with Crippen molar-refractivity contribution in [2.45, 2.75) is 10.5 Å². The van der Waals surface area contributed by atoms with Crippen LogP contribution in [0.3, 0.4) is 0 Å². The fourth-order valence-electron chi connectivity index (χ4n) is 3.95. The minimum atomic E-state index is 0.548. The Kier molecular flexibility index (Phi) is 5.96. The molecule has 0 unspecified atom stereocenters. The van der Waals surface area contributed by atoms with Gasteiger partial charge in [-0.25, -0.2) is 0 Å². The summed E-state index contributed by atoms with van der Waals surface area (Å²) in [5.41, 5.74) is 8.04. The van der Waals surface area contributed by atoms with E-state index in [0.29, 0.717) is 10.5 Å². The van der Waals surface area contributed by atoms with Crippen molar-refractivity contribution in [3.8, 4) is 22.3 Å². The van der Waals surface area contributed by atoms with Crippen LogP contribution in [0.1, 0.15) is 21.6 Å². The maximum absolute atomic E-state index is 2.32. The summed E-state index contributed by atoms with van der Waals surface area (Å²) < 4.78 is 0. The molecule has 4 aromatic carbocycles. The molecular weight excluding hydrogens is 400 g/mol. The average Bonchev–Trinajstić information content (AvgIpc) is 2.85. The third-order valence-electron chi connectivity index (χ3n) is 5.65. The number of hydrogen-bond acceptors (Lipinski definition) is 2. The maximum atomic E-state index is 2.32. The summed E-state index contributed by atoms with van der Waals surface area (Å²) in [5.74, 6) is 2.38. The van der Waals surface area contributed by atoms with Crippen molar-refractivity contribution in [2.24, 2.45) is 0 Å². The second kappa shape index (κ2) is 9.16. The molecule has 2 heteroatoms. The van der Waals surface area contributed by atoms with Gasteiger partial charge in [0.25, 0.3) is 0 Å².